The molecule has 1 fully saturated rings. The van der Waals surface area contributed by atoms with Crippen LogP contribution in [0.15, 0.2) is 0 Å². The summed E-state index contributed by atoms with van der Waals surface area (Å²) in [4.78, 5) is 36.0. The van der Waals surface area contributed by atoms with Crippen molar-refractivity contribution in [3.8, 4) is 0 Å². The van der Waals surface area contributed by atoms with Crippen molar-refractivity contribution in [3.63, 3.8) is 0 Å². The van der Waals surface area contributed by atoms with Gasteiger partial charge in [0.1, 0.15) is 12.1 Å². The molecule has 8 heteroatoms. The molecule has 1 heterocycles. The highest BCUT2D eigenvalue weighted by molar-refractivity contribution is 6.08. The van der Waals surface area contributed by atoms with Crippen molar-refractivity contribution in [3.05, 3.63) is 0 Å². The summed E-state index contributed by atoms with van der Waals surface area (Å²) in [5, 5.41) is 22.5. The highest BCUT2D eigenvalue weighted by atomic mass is 16.3. The van der Waals surface area contributed by atoms with E-state index in [-0.39, 0.29) is 6.54 Å². The molecule has 0 saturated carbocycles. The van der Waals surface area contributed by atoms with Crippen molar-refractivity contribution in [1.82, 2.24) is 15.5 Å². The summed E-state index contributed by atoms with van der Waals surface area (Å²) >= 11 is 0. The van der Waals surface area contributed by atoms with E-state index < -0.39 is 42.6 Å². The lowest BCUT2D eigenvalue weighted by Crippen LogP contribution is -2.45. The summed E-state index contributed by atoms with van der Waals surface area (Å²) in [6, 6.07) is -0.604. The smallest absolute Gasteiger partial charge is 0.325 e. The largest absolute Gasteiger partial charge is 0.394 e. The van der Waals surface area contributed by atoms with E-state index in [2.05, 4.69) is 10.6 Å². The number of hydrogen-bond acceptors (Lipinski definition) is 5. The maximum atomic E-state index is 12.0. The number of aliphatic hydroxyl groups excluding tert-OH is 2. The van der Waals surface area contributed by atoms with E-state index in [0.29, 0.717) is 6.42 Å². The first-order chi connectivity index (χ1) is 8.84. The monoisotopic (exact) mass is 273 g/mol. The Kier molecular flexibility index (Phi) is 4.84. The third kappa shape index (κ3) is 3.42. The lowest BCUT2D eigenvalue weighted by Gasteiger charge is -2.19. The van der Waals surface area contributed by atoms with Gasteiger partial charge in [0.2, 0.25) is 5.91 Å². The van der Waals surface area contributed by atoms with Gasteiger partial charge in [-0.3, -0.25) is 14.5 Å². The minimum absolute atomic E-state index is 0.135. The Labute approximate surface area is 110 Å². The van der Waals surface area contributed by atoms with Gasteiger partial charge in [-0.05, 0) is 13.3 Å². The first-order valence-corrected chi connectivity index (χ1v) is 6.03. The number of imide groups is 1. The molecule has 0 aromatic carbocycles. The third-order valence-electron chi connectivity index (χ3n) is 3.10. The molecule has 0 aromatic rings. The van der Waals surface area contributed by atoms with Gasteiger partial charge < -0.3 is 20.8 Å². The highest BCUT2D eigenvalue weighted by Gasteiger charge is 2.46. The number of aliphatic hydroxyl groups is 2. The van der Waals surface area contributed by atoms with Crippen molar-refractivity contribution in [2.75, 3.05) is 19.7 Å². The summed E-state index contributed by atoms with van der Waals surface area (Å²) in [6.07, 6.45) is -0.633. The Morgan fingerprint density at radius 2 is 2.16 bits per heavy atom. The Balaban J connectivity index is 2.55. The van der Waals surface area contributed by atoms with Gasteiger partial charge in [0.15, 0.2) is 0 Å². The molecule has 108 valence electrons. The first-order valence-electron chi connectivity index (χ1n) is 6.03. The van der Waals surface area contributed by atoms with Gasteiger partial charge in [-0.15, -0.1) is 0 Å². The Morgan fingerprint density at radius 3 is 2.63 bits per heavy atom. The topological polar surface area (TPSA) is 119 Å². The highest BCUT2D eigenvalue weighted by Crippen LogP contribution is 2.20. The number of amides is 4. The fourth-order valence-corrected chi connectivity index (χ4v) is 1.63. The number of carbonyl (C=O) groups excluding carboxylic acids is 3. The number of urea groups is 1. The maximum Gasteiger partial charge on any atom is 0.325 e. The summed E-state index contributed by atoms with van der Waals surface area (Å²) in [6.45, 7) is 2.35. The molecule has 1 aliphatic heterocycles. The molecule has 4 N–H and O–H groups in total. The normalized spacial score (nSPS) is 24.3. The van der Waals surface area contributed by atoms with E-state index in [9.17, 15) is 14.4 Å². The van der Waals surface area contributed by atoms with E-state index in [1.54, 1.807) is 13.8 Å². The number of nitrogens with zero attached hydrogens (tertiary/aromatic N) is 1. The molecule has 8 nitrogen and oxygen atoms in total. The van der Waals surface area contributed by atoms with Crippen LogP contribution in [-0.4, -0.2) is 64.3 Å². The van der Waals surface area contributed by atoms with Gasteiger partial charge in [-0.2, -0.15) is 0 Å². The summed E-state index contributed by atoms with van der Waals surface area (Å²) in [7, 11) is 0. The van der Waals surface area contributed by atoms with Crippen LogP contribution in [0.25, 0.3) is 0 Å². The van der Waals surface area contributed by atoms with Crippen LogP contribution in [0, 0.1) is 0 Å². The average Bonchev–Trinajstić information content (AvgIpc) is 2.60. The molecule has 19 heavy (non-hydrogen) atoms. The van der Waals surface area contributed by atoms with Crippen molar-refractivity contribution in [2.24, 2.45) is 0 Å². The van der Waals surface area contributed by atoms with Crippen LogP contribution in [0.1, 0.15) is 20.3 Å². The molecule has 0 aromatic heterocycles. The Bertz CT molecular complexity index is 387. The fourth-order valence-electron chi connectivity index (χ4n) is 1.63. The lowest BCUT2D eigenvalue weighted by molar-refractivity contribution is -0.134. The van der Waals surface area contributed by atoms with Crippen molar-refractivity contribution in [2.45, 2.75) is 31.9 Å². The average molecular weight is 273 g/mol. The van der Waals surface area contributed by atoms with Crippen LogP contribution in [0.3, 0.4) is 0 Å². The number of carbonyl (C=O) groups is 3. The van der Waals surface area contributed by atoms with Gasteiger partial charge in [0, 0.05) is 6.54 Å². The molecular weight excluding hydrogens is 254 g/mol. The molecule has 0 bridgehead atoms. The minimum Gasteiger partial charge on any atom is -0.394 e. The quantitative estimate of drug-likeness (QED) is 0.425. The Hall–Kier alpha value is -1.67. The zero-order valence-corrected chi connectivity index (χ0v) is 11.0. The van der Waals surface area contributed by atoms with Gasteiger partial charge in [-0.1, -0.05) is 6.92 Å². The Morgan fingerprint density at radius 1 is 1.53 bits per heavy atom. The summed E-state index contributed by atoms with van der Waals surface area (Å²) < 4.78 is 0. The number of nitrogens with one attached hydrogen (secondary N) is 2. The summed E-state index contributed by atoms with van der Waals surface area (Å²) in [5.41, 5.74) is -0.970. The van der Waals surface area contributed by atoms with Crippen LogP contribution in [0.5, 0.6) is 0 Å². The van der Waals surface area contributed by atoms with Crippen molar-refractivity contribution in [1.29, 1.82) is 0 Å². The van der Waals surface area contributed by atoms with Crippen LogP contribution >= 0.6 is 0 Å². The molecular formula is C11H19N3O5. The van der Waals surface area contributed by atoms with E-state index in [1.807, 2.05) is 0 Å². The molecule has 1 aliphatic rings. The molecule has 1 rings (SSSR count). The molecule has 0 radical (unpaired) electrons. The van der Waals surface area contributed by atoms with Gasteiger partial charge in [0.25, 0.3) is 5.91 Å². The number of rotatable bonds is 6. The lowest BCUT2D eigenvalue weighted by atomic mass is 9.99. The van der Waals surface area contributed by atoms with Crippen LogP contribution in [-0.2, 0) is 9.59 Å². The number of hydrogen-bond donors (Lipinski definition) is 4. The minimum atomic E-state index is -1.06. The standard InChI is InChI=1S/C11H19N3O5/c1-3-11(2)9(18)14(10(19)13-11)5-8(17)12-4-7(16)6-15/h7,15-16H,3-6H2,1-2H3,(H,12,17)(H,13,19). The predicted octanol–water partition coefficient (Wildman–Crippen LogP) is -1.82. The molecule has 2 atom stereocenters. The van der Waals surface area contributed by atoms with Crippen molar-refractivity contribution < 1.29 is 24.6 Å². The van der Waals surface area contributed by atoms with Gasteiger partial charge >= 0.3 is 6.03 Å². The molecule has 0 aliphatic carbocycles. The summed E-state index contributed by atoms with van der Waals surface area (Å²) in [5.74, 6) is -1.02. The van der Waals surface area contributed by atoms with Crippen LogP contribution in [0.4, 0.5) is 4.79 Å². The van der Waals surface area contributed by atoms with E-state index >= 15 is 0 Å². The molecule has 1 saturated heterocycles. The SMILES string of the molecule is CCC1(C)NC(=O)N(CC(=O)NCC(O)CO)C1=O. The zero-order valence-electron chi connectivity index (χ0n) is 11.0. The van der Waals surface area contributed by atoms with E-state index in [1.165, 1.54) is 0 Å². The van der Waals surface area contributed by atoms with Gasteiger partial charge in [0.05, 0.1) is 12.7 Å². The second-order valence-corrected chi connectivity index (χ2v) is 4.65. The van der Waals surface area contributed by atoms with Crippen LogP contribution < -0.4 is 10.6 Å². The van der Waals surface area contributed by atoms with Crippen molar-refractivity contribution >= 4 is 17.8 Å². The van der Waals surface area contributed by atoms with Crippen LogP contribution in [0.2, 0.25) is 0 Å². The maximum absolute atomic E-state index is 12.0. The fraction of sp³-hybridized carbons (Fsp3) is 0.727. The zero-order chi connectivity index (χ0) is 14.6. The van der Waals surface area contributed by atoms with E-state index in [0.717, 1.165) is 4.90 Å². The second-order valence-electron chi connectivity index (χ2n) is 4.65. The third-order valence-corrected chi connectivity index (χ3v) is 3.10. The second kappa shape index (κ2) is 5.98. The molecule has 4 amide bonds. The van der Waals surface area contributed by atoms with Gasteiger partial charge in [-0.25, -0.2) is 4.79 Å². The predicted molar refractivity (Wildman–Crippen MR) is 65.0 cm³/mol. The van der Waals surface area contributed by atoms with E-state index in [4.69, 9.17) is 10.2 Å². The first kappa shape index (κ1) is 15.4. The molecule has 0 spiro atoms. The molecule has 2 unspecified atom stereocenters.